The second kappa shape index (κ2) is 14.5. The van der Waals surface area contributed by atoms with Crippen molar-refractivity contribution in [2.75, 3.05) is 6.79 Å². The fraction of sp³-hybridized carbons (Fsp3) is 0.946. The highest BCUT2D eigenvalue weighted by Crippen LogP contribution is 2.66. The van der Waals surface area contributed by atoms with E-state index in [1.807, 2.05) is 6.92 Å². The molecule has 248 valence electrons. The van der Waals surface area contributed by atoms with Gasteiger partial charge in [-0.1, -0.05) is 74.7 Å². The van der Waals surface area contributed by atoms with Crippen LogP contribution < -0.4 is 0 Å². The first-order chi connectivity index (χ1) is 20.2. The summed E-state index contributed by atoms with van der Waals surface area (Å²) in [6, 6.07) is 0. The van der Waals surface area contributed by atoms with Crippen LogP contribution in [0.25, 0.3) is 0 Å². The molecule has 0 amide bonds. The predicted molar refractivity (Wildman–Crippen MR) is 170 cm³/mol. The van der Waals surface area contributed by atoms with Crippen LogP contribution in [0.3, 0.4) is 0 Å². The third-order valence-electron chi connectivity index (χ3n) is 12.7. The molecule has 0 aromatic heterocycles. The van der Waals surface area contributed by atoms with Crippen molar-refractivity contribution < 1.29 is 28.5 Å². The molecule has 0 heterocycles. The Kier molecular flexibility index (Phi) is 11.7. The summed E-state index contributed by atoms with van der Waals surface area (Å²) >= 11 is 0. The molecule has 4 aliphatic carbocycles. The molecule has 4 aliphatic rings. The molecule has 6 unspecified atom stereocenters. The maximum absolute atomic E-state index is 13.5. The van der Waals surface area contributed by atoms with E-state index in [1.165, 1.54) is 25.7 Å². The van der Waals surface area contributed by atoms with Gasteiger partial charge in [0.25, 0.3) is 0 Å². The Balaban J connectivity index is 1.33. The zero-order valence-electron chi connectivity index (χ0n) is 28.9. The van der Waals surface area contributed by atoms with Crippen LogP contribution in [0.5, 0.6) is 0 Å². The fourth-order valence-electron chi connectivity index (χ4n) is 8.89. The highest BCUT2D eigenvalue weighted by atomic mass is 16.7. The third-order valence-corrected chi connectivity index (χ3v) is 12.7. The summed E-state index contributed by atoms with van der Waals surface area (Å²) in [7, 11) is 0. The van der Waals surface area contributed by atoms with E-state index in [1.54, 1.807) is 0 Å². The average Bonchev–Trinajstić information content (AvgIpc) is 3.30. The van der Waals surface area contributed by atoms with Gasteiger partial charge in [0.15, 0.2) is 6.79 Å². The molecule has 0 saturated heterocycles. The van der Waals surface area contributed by atoms with E-state index >= 15 is 0 Å². The van der Waals surface area contributed by atoms with Crippen molar-refractivity contribution >= 4 is 11.9 Å². The zero-order chi connectivity index (χ0) is 31.4. The Labute approximate surface area is 263 Å². The summed E-state index contributed by atoms with van der Waals surface area (Å²) in [5, 5.41) is 0. The van der Waals surface area contributed by atoms with Crippen molar-refractivity contribution in [2.24, 2.45) is 39.9 Å². The summed E-state index contributed by atoms with van der Waals surface area (Å²) in [6.45, 7) is 17.9. The Morgan fingerprint density at radius 3 is 2.09 bits per heavy atom. The van der Waals surface area contributed by atoms with E-state index < -0.39 is 5.92 Å². The van der Waals surface area contributed by atoms with E-state index in [0.29, 0.717) is 30.1 Å². The Hall–Kier alpha value is -1.14. The van der Waals surface area contributed by atoms with Gasteiger partial charge in [0.1, 0.15) is 6.10 Å². The first-order valence-electron chi connectivity index (χ1n) is 17.9. The molecule has 2 bridgehead atoms. The van der Waals surface area contributed by atoms with Gasteiger partial charge in [0.2, 0.25) is 0 Å². The first-order valence-corrected chi connectivity index (χ1v) is 17.9. The van der Waals surface area contributed by atoms with Crippen LogP contribution in [0, 0.1) is 39.9 Å². The van der Waals surface area contributed by atoms with Crippen LogP contribution in [0.1, 0.15) is 152 Å². The van der Waals surface area contributed by atoms with Crippen molar-refractivity contribution in [1.29, 1.82) is 0 Å². The Morgan fingerprint density at radius 1 is 0.860 bits per heavy atom. The highest BCUT2D eigenvalue weighted by molar-refractivity contribution is 5.76. The van der Waals surface area contributed by atoms with Crippen molar-refractivity contribution in [1.82, 2.24) is 0 Å². The quantitative estimate of drug-likeness (QED) is 0.154. The van der Waals surface area contributed by atoms with E-state index in [9.17, 15) is 9.59 Å². The van der Waals surface area contributed by atoms with E-state index in [-0.39, 0.29) is 59.9 Å². The first kappa shape index (κ1) is 34.7. The van der Waals surface area contributed by atoms with Crippen LogP contribution >= 0.6 is 0 Å². The van der Waals surface area contributed by atoms with Gasteiger partial charge in [-0.3, -0.25) is 9.59 Å². The fourth-order valence-corrected chi connectivity index (χ4v) is 8.89. The Morgan fingerprint density at radius 2 is 1.53 bits per heavy atom. The van der Waals surface area contributed by atoms with Gasteiger partial charge in [0.05, 0.1) is 30.1 Å². The second-order valence-corrected chi connectivity index (χ2v) is 16.6. The number of carbonyl (C=O) groups is 2. The van der Waals surface area contributed by atoms with Gasteiger partial charge >= 0.3 is 11.9 Å². The predicted octanol–water partition coefficient (Wildman–Crippen LogP) is 9.03. The molecule has 43 heavy (non-hydrogen) atoms. The number of fused-ring (bicyclic) bond motifs is 2. The molecular weight excluding hydrogens is 540 g/mol. The summed E-state index contributed by atoms with van der Waals surface area (Å²) in [4.78, 5) is 27.0. The lowest BCUT2D eigenvalue weighted by Gasteiger charge is -2.38. The van der Waals surface area contributed by atoms with E-state index in [0.717, 1.165) is 57.8 Å². The number of carbonyl (C=O) groups excluding carboxylic acids is 2. The Bertz CT molecular complexity index is 909. The lowest BCUT2D eigenvalue weighted by Crippen LogP contribution is -2.39. The van der Waals surface area contributed by atoms with Crippen LogP contribution in [0.4, 0.5) is 0 Å². The molecule has 0 spiro atoms. The van der Waals surface area contributed by atoms with Gasteiger partial charge in [-0.2, -0.15) is 0 Å². The lowest BCUT2D eigenvalue weighted by atomic mass is 9.70. The maximum atomic E-state index is 13.5. The number of rotatable bonds is 13. The highest BCUT2D eigenvalue weighted by Gasteiger charge is 2.63. The van der Waals surface area contributed by atoms with Crippen molar-refractivity contribution in [3.05, 3.63) is 0 Å². The van der Waals surface area contributed by atoms with Crippen molar-refractivity contribution in [3.8, 4) is 0 Å². The molecule has 4 fully saturated rings. The number of ether oxygens (including phenoxy) is 4. The molecule has 6 atom stereocenters. The van der Waals surface area contributed by atoms with Crippen LogP contribution in [-0.4, -0.2) is 43.1 Å². The normalized spacial score (nSPS) is 33.1. The molecule has 0 N–H and O–H groups in total. The van der Waals surface area contributed by atoms with Gasteiger partial charge < -0.3 is 18.9 Å². The number of hydrogen-bond acceptors (Lipinski definition) is 6. The summed E-state index contributed by atoms with van der Waals surface area (Å²) in [6.07, 6.45) is 15.7. The molecule has 0 aromatic rings. The van der Waals surface area contributed by atoms with Crippen molar-refractivity contribution in [2.45, 2.75) is 176 Å². The van der Waals surface area contributed by atoms with Crippen LogP contribution in [-0.2, 0) is 28.5 Å². The lowest BCUT2D eigenvalue weighted by molar-refractivity contribution is -0.171. The van der Waals surface area contributed by atoms with Gasteiger partial charge in [-0.25, -0.2) is 0 Å². The van der Waals surface area contributed by atoms with Gasteiger partial charge in [-0.05, 0) is 99.7 Å². The summed E-state index contributed by atoms with van der Waals surface area (Å²) in [5.41, 5.74) is 0.531. The number of esters is 2. The minimum absolute atomic E-state index is 0.0177. The van der Waals surface area contributed by atoms with Crippen LogP contribution in [0.15, 0.2) is 0 Å². The molecule has 4 rings (SSSR count). The summed E-state index contributed by atoms with van der Waals surface area (Å²) in [5.74, 6) is 0.0533. The monoisotopic (exact) mass is 604 g/mol. The SMILES string of the molecule is CCC(CC(CC(C)C(=O)OC1CC2CCC1(C)C2(C)C)C(=O)OCOC1CCC(C(C)(C)C)CC1)OC1CCCCC1. The molecule has 6 heteroatoms. The smallest absolute Gasteiger partial charge is 0.311 e. The largest absolute Gasteiger partial charge is 0.462 e. The molecule has 0 aromatic carbocycles. The maximum Gasteiger partial charge on any atom is 0.311 e. The average molecular weight is 605 g/mol. The second-order valence-electron chi connectivity index (χ2n) is 16.6. The summed E-state index contributed by atoms with van der Waals surface area (Å²) < 4.78 is 24.6. The minimum atomic E-state index is -0.427. The van der Waals surface area contributed by atoms with Crippen molar-refractivity contribution in [3.63, 3.8) is 0 Å². The minimum Gasteiger partial charge on any atom is -0.462 e. The van der Waals surface area contributed by atoms with Gasteiger partial charge in [-0.15, -0.1) is 0 Å². The molecule has 6 nitrogen and oxygen atoms in total. The van der Waals surface area contributed by atoms with Crippen LogP contribution in [0.2, 0.25) is 0 Å². The van der Waals surface area contributed by atoms with Gasteiger partial charge in [0, 0.05) is 5.41 Å². The molecular formula is C37H64O6. The zero-order valence-corrected chi connectivity index (χ0v) is 28.9. The standard InChI is InChI=1S/C37H64O6/c1-9-29(42-31-13-11-10-12-14-31)22-26(34(39)41-24-40-30-17-15-27(16-18-30)35(3,4)5)21-25(2)33(38)43-32-23-28-19-20-37(32,8)36(28,6)7/h25-32H,9-24H2,1-8H3. The van der Waals surface area contributed by atoms with E-state index in [4.69, 9.17) is 18.9 Å². The molecule has 0 aliphatic heterocycles. The topological polar surface area (TPSA) is 71.1 Å². The molecule has 0 radical (unpaired) electrons. The van der Waals surface area contributed by atoms with E-state index in [2.05, 4.69) is 48.5 Å². The third kappa shape index (κ3) is 8.37. The number of hydrogen-bond donors (Lipinski definition) is 0. The molecule has 4 saturated carbocycles.